The number of ether oxygens (including phenoxy) is 1. The third-order valence-electron chi connectivity index (χ3n) is 3.17. The van der Waals surface area contributed by atoms with Gasteiger partial charge in [0.05, 0.1) is 0 Å². The van der Waals surface area contributed by atoms with Crippen molar-refractivity contribution in [3.8, 4) is 0 Å². The molecule has 0 aromatic rings. The molecular weight excluding hydrogens is 188 g/mol. The van der Waals surface area contributed by atoms with Gasteiger partial charge >= 0.3 is 0 Å². The van der Waals surface area contributed by atoms with Gasteiger partial charge < -0.3 is 15.0 Å². The molecule has 0 saturated carbocycles. The lowest BCUT2D eigenvalue weighted by molar-refractivity contribution is 0.126. The van der Waals surface area contributed by atoms with E-state index in [-0.39, 0.29) is 0 Å². The summed E-state index contributed by atoms with van der Waals surface area (Å²) in [6, 6.07) is 0.779. The fraction of sp³-hybridized carbons (Fsp3) is 1.00. The highest BCUT2D eigenvalue weighted by Crippen LogP contribution is 2.11. The average Bonchev–Trinajstić information content (AvgIpc) is 2.52. The van der Waals surface area contributed by atoms with E-state index in [1.165, 1.54) is 38.9 Å². The summed E-state index contributed by atoms with van der Waals surface area (Å²) in [7, 11) is 2.25. The maximum Gasteiger partial charge on any atom is 0.0478 e. The predicted molar refractivity (Wildman–Crippen MR) is 64.2 cm³/mol. The Hall–Kier alpha value is -0.120. The minimum absolute atomic E-state index is 0.779. The second-order valence-corrected chi connectivity index (χ2v) is 4.37. The molecule has 1 aliphatic rings. The van der Waals surface area contributed by atoms with Gasteiger partial charge in [-0.2, -0.15) is 0 Å². The highest BCUT2D eigenvalue weighted by Gasteiger charge is 2.15. The highest BCUT2D eigenvalue weighted by atomic mass is 16.5. The Morgan fingerprint density at radius 2 is 2.20 bits per heavy atom. The lowest BCUT2D eigenvalue weighted by Crippen LogP contribution is -2.33. The Labute approximate surface area is 94.2 Å². The average molecular weight is 214 g/mol. The molecule has 0 amide bonds. The van der Waals surface area contributed by atoms with Gasteiger partial charge in [-0.15, -0.1) is 0 Å². The maximum absolute atomic E-state index is 5.36. The molecule has 1 saturated heterocycles. The van der Waals surface area contributed by atoms with E-state index in [0.29, 0.717) is 0 Å². The number of hydrogen-bond acceptors (Lipinski definition) is 3. The van der Waals surface area contributed by atoms with Gasteiger partial charge in [0.15, 0.2) is 0 Å². The van der Waals surface area contributed by atoms with Crippen molar-refractivity contribution in [1.29, 1.82) is 0 Å². The van der Waals surface area contributed by atoms with Gasteiger partial charge in [-0.05, 0) is 52.7 Å². The zero-order chi connectivity index (χ0) is 10.9. The summed E-state index contributed by atoms with van der Waals surface area (Å²) in [4.78, 5) is 2.51. The first kappa shape index (κ1) is 12.9. The molecule has 1 heterocycles. The number of hydrogen-bond donors (Lipinski definition) is 1. The van der Waals surface area contributed by atoms with Crippen molar-refractivity contribution in [3.05, 3.63) is 0 Å². The molecule has 1 unspecified atom stereocenters. The lowest BCUT2D eigenvalue weighted by atomic mass is 10.1. The van der Waals surface area contributed by atoms with Crippen LogP contribution < -0.4 is 5.32 Å². The van der Waals surface area contributed by atoms with Gasteiger partial charge in [-0.3, -0.25) is 0 Å². The van der Waals surface area contributed by atoms with Crippen LogP contribution in [0.3, 0.4) is 0 Å². The molecule has 1 rings (SSSR count). The first-order valence-electron chi connectivity index (χ1n) is 6.33. The van der Waals surface area contributed by atoms with Crippen LogP contribution in [0, 0.1) is 0 Å². The summed E-state index contributed by atoms with van der Waals surface area (Å²) in [6.07, 6.45) is 5.12. The Kier molecular flexibility index (Phi) is 6.98. The Morgan fingerprint density at radius 3 is 3.00 bits per heavy atom. The summed E-state index contributed by atoms with van der Waals surface area (Å²) >= 11 is 0. The van der Waals surface area contributed by atoms with Gasteiger partial charge in [0, 0.05) is 25.8 Å². The van der Waals surface area contributed by atoms with E-state index in [9.17, 15) is 0 Å². The largest absolute Gasteiger partial charge is 0.382 e. The molecule has 0 aromatic carbocycles. The molecule has 0 aromatic heterocycles. The van der Waals surface area contributed by atoms with Crippen molar-refractivity contribution in [2.45, 2.75) is 38.6 Å². The van der Waals surface area contributed by atoms with Crippen LogP contribution in [0.1, 0.15) is 32.6 Å². The first-order chi connectivity index (χ1) is 7.34. The molecule has 15 heavy (non-hydrogen) atoms. The maximum atomic E-state index is 5.36. The monoisotopic (exact) mass is 214 g/mol. The van der Waals surface area contributed by atoms with Crippen molar-refractivity contribution in [2.75, 3.05) is 39.9 Å². The second kappa shape index (κ2) is 8.08. The van der Waals surface area contributed by atoms with E-state index in [1.807, 2.05) is 0 Å². The van der Waals surface area contributed by atoms with E-state index in [0.717, 1.165) is 25.7 Å². The van der Waals surface area contributed by atoms with Crippen LogP contribution in [0.2, 0.25) is 0 Å². The summed E-state index contributed by atoms with van der Waals surface area (Å²) in [5.41, 5.74) is 0. The van der Waals surface area contributed by atoms with E-state index >= 15 is 0 Å². The molecule has 0 spiro atoms. The smallest absolute Gasteiger partial charge is 0.0478 e. The highest BCUT2D eigenvalue weighted by molar-refractivity contribution is 4.73. The molecular formula is C12H26N2O. The molecule has 1 fully saturated rings. The number of nitrogens with zero attached hydrogens (tertiary/aromatic N) is 1. The fourth-order valence-electron chi connectivity index (χ4n) is 2.18. The van der Waals surface area contributed by atoms with Crippen LogP contribution >= 0.6 is 0 Å². The summed E-state index contributed by atoms with van der Waals surface area (Å²) in [5, 5.41) is 3.46. The molecule has 0 bridgehead atoms. The lowest BCUT2D eigenvalue weighted by Gasteiger charge is -2.26. The second-order valence-electron chi connectivity index (χ2n) is 4.37. The van der Waals surface area contributed by atoms with E-state index in [1.54, 1.807) is 0 Å². The molecule has 90 valence electrons. The van der Waals surface area contributed by atoms with Crippen LogP contribution in [0.25, 0.3) is 0 Å². The van der Waals surface area contributed by atoms with Gasteiger partial charge in [0.2, 0.25) is 0 Å². The van der Waals surface area contributed by atoms with Crippen molar-refractivity contribution in [3.63, 3.8) is 0 Å². The zero-order valence-corrected chi connectivity index (χ0v) is 10.3. The zero-order valence-electron chi connectivity index (χ0n) is 10.3. The molecule has 3 heteroatoms. The first-order valence-corrected chi connectivity index (χ1v) is 6.33. The van der Waals surface area contributed by atoms with Crippen molar-refractivity contribution < 1.29 is 4.74 Å². The van der Waals surface area contributed by atoms with E-state index in [4.69, 9.17) is 4.74 Å². The number of rotatable bonds is 6. The van der Waals surface area contributed by atoms with E-state index in [2.05, 4.69) is 24.2 Å². The normalized spacial score (nSPS) is 23.0. The van der Waals surface area contributed by atoms with Crippen LogP contribution in [0.5, 0.6) is 0 Å². The van der Waals surface area contributed by atoms with Crippen LogP contribution in [-0.2, 0) is 4.74 Å². The Morgan fingerprint density at radius 1 is 1.33 bits per heavy atom. The van der Waals surface area contributed by atoms with Crippen molar-refractivity contribution in [1.82, 2.24) is 10.2 Å². The standard InChI is InChI=1S/C12H26N2O/c1-3-15-11-5-10-14(2)12-6-4-8-13-9-7-12/h12-13H,3-11H2,1-2H3. The molecule has 3 nitrogen and oxygen atoms in total. The Balaban J connectivity index is 2.11. The van der Waals surface area contributed by atoms with Crippen LogP contribution in [0.4, 0.5) is 0 Å². The molecule has 0 radical (unpaired) electrons. The molecule has 1 atom stereocenters. The minimum atomic E-state index is 0.779. The third kappa shape index (κ3) is 5.50. The number of nitrogens with one attached hydrogen (secondary N) is 1. The quantitative estimate of drug-likeness (QED) is 0.678. The van der Waals surface area contributed by atoms with Crippen LogP contribution in [-0.4, -0.2) is 50.8 Å². The van der Waals surface area contributed by atoms with Crippen LogP contribution in [0.15, 0.2) is 0 Å². The third-order valence-corrected chi connectivity index (χ3v) is 3.17. The minimum Gasteiger partial charge on any atom is -0.382 e. The van der Waals surface area contributed by atoms with E-state index < -0.39 is 0 Å². The topological polar surface area (TPSA) is 24.5 Å². The van der Waals surface area contributed by atoms with Gasteiger partial charge in [-0.1, -0.05) is 0 Å². The van der Waals surface area contributed by atoms with Gasteiger partial charge in [-0.25, -0.2) is 0 Å². The molecule has 1 aliphatic heterocycles. The molecule has 0 aliphatic carbocycles. The van der Waals surface area contributed by atoms with Gasteiger partial charge in [0.25, 0.3) is 0 Å². The van der Waals surface area contributed by atoms with Gasteiger partial charge in [0.1, 0.15) is 0 Å². The summed E-state index contributed by atoms with van der Waals surface area (Å²) in [5.74, 6) is 0. The Bertz CT molecular complexity index is 145. The summed E-state index contributed by atoms with van der Waals surface area (Å²) < 4.78 is 5.36. The summed E-state index contributed by atoms with van der Waals surface area (Å²) in [6.45, 7) is 7.36. The van der Waals surface area contributed by atoms with Crippen molar-refractivity contribution >= 4 is 0 Å². The fourth-order valence-corrected chi connectivity index (χ4v) is 2.18. The van der Waals surface area contributed by atoms with Crippen molar-refractivity contribution in [2.24, 2.45) is 0 Å². The SMILES string of the molecule is CCOCCCN(C)C1CCCNCC1. The predicted octanol–water partition coefficient (Wildman–Crippen LogP) is 1.49. The molecule has 1 N–H and O–H groups in total.